The van der Waals surface area contributed by atoms with E-state index < -0.39 is 5.97 Å². The predicted octanol–water partition coefficient (Wildman–Crippen LogP) is 9.51. The van der Waals surface area contributed by atoms with Gasteiger partial charge in [-0.2, -0.15) is 0 Å². The summed E-state index contributed by atoms with van der Waals surface area (Å²) in [4.78, 5) is 15.6. The van der Waals surface area contributed by atoms with Crippen LogP contribution in [0.2, 0.25) is 0 Å². The molecule has 4 unspecified atom stereocenters. The molecule has 6 heteroatoms. The molecule has 2 aromatic rings. The summed E-state index contributed by atoms with van der Waals surface area (Å²) in [5.41, 5.74) is 4.21. The summed E-state index contributed by atoms with van der Waals surface area (Å²) in [5.74, 6) is 3.19. The Morgan fingerprint density at radius 3 is 2.32 bits per heavy atom. The Hall–Kier alpha value is -2.12. The van der Waals surface area contributed by atoms with Crippen molar-refractivity contribution in [3.63, 3.8) is 0 Å². The third-order valence-corrected chi connectivity index (χ3v) is 16.9. The van der Waals surface area contributed by atoms with Crippen molar-refractivity contribution in [3.8, 4) is 0 Å². The standard InChI is InChI=1S/C44H61N3O2S/c1-41(2)35(31-12-14-32(15-13-31)40(48)49)18-22-43(4)38(41)20-23-42(3)36-19-24-44(21-8-11-37(44)34(36)16-17-39(42)43)45-25-26-46-27-29-47(30-28-46)50-33-9-6-5-7-10-33/h5-7,9-10,12-15,18,34,36-39,45H,8,11,16-17,19-30H2,1-4H3,(H,48,49)/t34-,36?,37?,38?,39?,42-,43-,44-/m0/s1. The number of hydrogen-bond acceptors (Lipinski definition) is 5. The Labute approximate surface area is 306 Å². The van der Waals surface area contributed by atoms with Gasteiger partial charge in [-0.05, 0) is 151 Å². The van der Waals surface area contributed by atoms with Crippen molar-refractivity contribution >= 4 is 23.5 Å². The number of benzene rings is 2. The number of fused-ring (bicyclic) bond motifs is 7. The van der Waals surface area contributed by atoms with E-state index in [0.29, 0.717) is 27.9 Å². The lowest BCUT2D eigenvalue weighted by Crippen LogP contribution is -2.63. The summed E-state index contributed by atoms with van der Waals surface area (Å²) < 4.78 is 2.54. The Morgan fingerprint density at radius 1 is 0.820 bits per heavy atom. The van der Waals surface area contributed by atoms with Crippen LogP contribution in [-0.2, 0) is 0 Å². The van der Waals surface area contributed by atoms with E-state index in [1.807, 2.05) is 24.1 Å². The fourth-order valence-corrected chi connectivity index (χ4v) is 14.5. The summed E-state index contributed by atoms with van der Waals surface area (Å²) >= 11 is 1.92. The zero-order chi connectivity index (χ0) is 34.7. The van der Waals surface area contributed by atoms with Crippen molar-refractivity contribution < 1.29 is 9.90 Å². The lowest BCUT2D eigenvalue weighted by Gasteiger charge is -2.68. The molecule has 1 heterocycles. The van der Waals surface area contributed by atoms with Crippen LogP contribution in [0.15, 0.2) is 65.6 Å². The van der Waals surface area contributed by atoms with Crippen LogP contribution >= 0.6 is 11.9 Å². The zero-order valence-corrected chi connectivity index (χ0v) is 31.9. The van der Waals surface area contributed by atoms with Crippen molar-refractivity contribution in [2.24, 2.45) is 45.8 Å². The Morgan fingerprint density at radius 2 is 1.58 bits per heavy atom. The van der Waals surface area contributed by atoms with Gasteiger partial charge in [0.2, 0.25) is 0 Å². The monoisotopic (exact) mass is 695 g/mol. The fourth-order valence-electron chi connectivity index (χ4n) is 13.6. The number of carboxylic acid groups (broad SMARTS) is 1. The Kier molecular flexibility index (Phi) is 9.35. The predicted molar refractivity (Wildman–Crippen MR) is 206 cm³/mol. The quantitative estimate of drug-likeness (QED) is 0.269. The summed E-state index contributed by atoms with van der Waals surface area (Å²) in [6, 6.07) is 18.5. The Balaban J connectivity index is 0.917. The number of hydrogen-bond donors (Lipinski definition) is 2. The lowest BCUT2D eigenvalue weighted by molar-refractivity contribution is -0.172. The number of nitrogens with zero attached hydrogens (tertiary/aromatic N) is 2. The largest absolute Gasteiger partial charge is 0.478 e. The average molecular weight is 696 g/mol. The van der Waals surface area contributed by atoms with Crippen LogP contribution in [-0.4, -0.2) is 65.1 Å². The van der Waals surface area contributed by atoms with Gasteiger partial charge in [0.1, 0.15) is 0 Å². The van der Waals surface area contributed by atoms with Gasteiger partial charge in [0.15, 0.2) is 0 Å². The van der Waals surface area contributed by atoms with Crippen LogP contribution in [0.1, 0.15) is 108 Å². The van der Waals surface area contributed by atoms with Crippen LogP contribution < -0.4 is 5.32 Å². The number of carbonyl (C=O) groups is 1. The third kappa shape index (κ3) is 5.93. The topological polar surface area (TPSA) is 55.8 Å². The molecule has 1 aliphatic heterocycles. The minimum Gasteiger partial charge on any atom is -0.478 e. The van der Waals surface area contributed by atoms with Gasteiger partial charge < -0.3 is 10.4 Å². The van der Waals surface area contributed by atoms with Crippen LogP contribution in [0.3, 0.4) is 0 Å². The van der Waals surface area contributed by atoms with Crippen LogP contribution in [0.4, 0.5) is 0 Å². The molecule has 2 aromatic carbocycles. The van der Waals surface area contributed by atoms with Crippen molar-refractivity contribution in [2.45, 2.75) is 102 Å². The normalized spacial score (nSPS) is 38.3. The molecular formula is C44H61N3O2S. The van der Waals surface area contributed by atoms with E-state index >= 15 is 0 Å². The highest BCUT2D eigenvalue weighted by Crippen LogP contribution is 2.72. The van der Waals surface area contributed by atoms with Crippen molar-refractivity contribution in [1.29, 1.82) is 0 Å². The lowest BCUT2D eigenvalue weighted by atomic mass is 9.37. The summed E-state index contributed by atoms with van der Waals surface area (Å²) in [6.07, 6.45) is 16.3. The van der Waals surface area contributed by atoms with Crippen LogP contribution in [0.25, 0.3) is 5.57 Å². The Bertz CT molecular complexity index is 1570. The van der Waals surface area contributed by atoms with E-state index in [2.05, 4.69) is 78.6 Å². The maximum atomic E-state index is 11.5. The third-order valence-electron chi connectivity index (χ3n) is 15.7. The SMILES string of the molecule is CC1(C)C(c2ccc(C(=O)O)cc2)=CC[C@@]2(C)C1CC[C@@]1(C)C3CC[C@@]4(NCCN5CCN(Sc6ccccc6)CC5)CCCC4[C@H]3CCC12. The van der Waals surface area contributed by atoms with E-state index in [-0.39, 0.29) is 5.41 Å². The first-order valence-electron chi connectivity index (χ1n) is 20.0. The molecule has 0 spiro atoms. The van der Waals surface area contributed by atoms with E-state index in [1.54, 1.807) is 12.1 Å². The number of rotatable bonds is 8. The number of allylic oxidation sites excluding steroid dienone is 2. The van der Waals surface area contributed by atoms with Gasteiger partial charge in [0.05, 0.1) is 5.56 Å². The van der Waals surface area contributed by atoms with Gasteiger partial charge >= 0.3 is 5.97 Å². The smallest absolute Gasteiger partial charge is 0.335 e. The van der Waals surface area contributed by atoms with Gasteiger partial charge in [-0.1, -0.05) is 70.5 Å². The molecule has 0 radical (unpaired) electrons. The average Bonchev–Trinajstić information content (AvgIpc) is 3.54. The highest BCUT2D eigenvalue weighted by Gasteiger charge is 2.65. The van der Waals surface area contributed by atoms with Crippen LogP contribution in [0, 0.1) is 45.8 Å². The van der Waals surface area contributed by atoms with Gasteiger partial charge in [-0.15, -0.1) is 0 Å². The minimum atomic E-state index is -0.847. The number of nitrogens with one attached hydrogen (secondary N) is 1. The second-order valence-electron chi connectivity index (χ2n) is 18.2. The molecular weight excluding hydrogens is 635 g/mol. The molecule has 2 N–H and O–H groups in total. The molecule has 8 rings (SSSR count). The molecule has 5 aliphatic carbocycles. The second-order valence-corrected chi connectivity index (χ2v) is 19.4. The maximum Gasteiger partial charge on any atom is 0.335 e. The molecule has 5 nitrogen and oxygen atoms in total. The molecule has 1 saturated heterocycles. The molecule has 8 atom stereocenters. The summed E-state index contributed by atoms with van der Waals surface area (Å²) in [5, 5.41) is 13.8. The summed E-state index contributed by atoms with van der Waals surface area (Å²) in [7, 11) is 0. The van der Waals surface area contributed by atoms with Crippen molar-refractivity contribution in [2.75, 3.05) is 39.3 Å². The first kappa shape index (κ1) is 34.9. The first-order valence-corrected chi connectivity index (χ1v) is 20.8. The first-order chi connectivity index (χ1) is 24.0. The molecule has 0 aromatic heterocycles. The van der Waals surface area contributed by atoms with Gasteiger partial charge in [-0.3, -0.25) is 4.90 Å². The zero-order valence-electron chi connectivity index (χ0n) is 31.1. The maximum absolute atomic E-state index is 11.5. The van der Waals surface area contributed by atoms with E-state index in [9.17, 15) is 9.90 Å². The van der Waals surface area contributed by atoms with Gasteiger partial charge in [0.25, 0.3) is 0 Å². The number of aromatic carboxylic acids is 1. The van der Waals surface area contributed by atoms with Crippen molar-refractivity contribution in [3.05, 3.63) is 71.8 Å². The fraction of sp³-hybridized carbons (Fsp3) is 0.659. The van der Waals surface area contributed by atoms with E-state index in [1.165, 1.54) is 93.5 Å². The molecule has 6 aliphatic rings. The highest BCUT2D eigenvalue weighted by molar-refractivity contribution is 7.97. The molecule has 4 saturated carbocycles. The van der Waals surface area contributed by atoms with Crippen LogP contribution in [0.5, 0.6) is 0 Å². The molecule has 0 bridgehead atoms. The second kappa shape index (κ2) is 13.4. The molecule has 0 amide bonds. The van der Waals surface area contributed by atoms with Crippen molar-refractivity contribution in [1.82, 2.24) is 14.5 Å². The van der Waals surface area contributed by atoms with Gasteiger partial charge in [-0.25, -0.2) is 9.10 Å². The number of carboxylic acids is 1. The molecule has 270 valence electrons. The van der Waals surface area contributed by atoms with Gasteiger partial charge in [0, 0.05) is 49.7 Å². The molecule has 5 fully saturated rings. The summed E-state index contributed by atoms with van der Waals surface area (Å²) in [6.45, 7) is 17.4. The molecule has 50 heavy (non-hydrogen) atoms. The minimum absolute atomic E-state index is 0.0698. The number of piperazine rings is 1. The van der Waals surface area contributed by atoms with E-state index in [0.717, 1.165) is 49.7 Å². The highest BCUT2D eigenvalue weighted by atomic mass is 32.2. The van der Waals surface area contributed by atoms with E-state index in [4.69, 9.17) is 0 Å².